The second-order valence-electron chi connectivity index (χ2n) is 5.63. The minimum absolute atomic E-state index is 0.0285. The third-order valence-corrected chi connectivity index (χ3v) is 4.13. The standard InChI is InChI=1S/C16H19N3O3/c1-4-13-10(2)7-14(22-13)16(21)19-6-5-11-12(8-19)17-9-18(3)15(11)20/h7,9H,4-6,8H2,1-3H3. The van der Waals surface area contributed by atoms with Crippen LogP contribution in [0.15, 0.2) is 21.6 Å². The van der Waals surface area contributed by atoms with E-state index in [2.05, 4.69) is 4.98 Å². The van der Waals surface area contributed by atoms with E-state index in [-0.39, 0.29) is 11.5 Å². The molecule has 0 unspecified atom stereocenters. The highest BCUT2D eigenvalue weighted by molar-refractivity contribution is 5.92. The Labute approximate surface area is 128 Å². The molecule has 0 aliphatic carbocycles. The highest BCUT2D eigenvalue weighted by atomic mass is 16.4. The average Bonchev–Trinajstić information content (AvgIpc) is 2.91. The molecular weight excluding hydrogens is 282 g/mol. The molecule has 116 valence electrons. The van der Waals surface area contributed by atoms with Gasteiger partial charge in [-0.2, -0.15) is 0 Å². The Balaban J connectivity index is 1.86. The first-order valence-corrected chi connectivity index (χ1v) is 7.43. The minimum atomic E-state index is -0.143. The Hall–Kier alpha value is -2.37. The molecule has 2 aromatic rings. The van der Waals surface area contributed by atoms with E-state index in [0.29, 0.717) is 36.5 Å². The number of aromatic nitrogens is 2. The Bertz CT molecular complexity index is 788. The summed E-state index contributed by atoms with van der Waals surface area (Å²) in [6.07, 6.45) is 2.79. The summed E-state index contributed by atoms with van der Waals surface area (Å²) in [5.74, 6) is 1.06. The molecule has 0 N–H and O–H groups in total. The van der Waals surface area contributed by atoms with Gasteiger partial charge in [0.2, 0.25) is 0 Å². The van der Waals surface area contributed by atoms with E-state index in [0.717, 1.165) is 17.7 Å². The van der Waals surface area contributed by atoms with Crippen molar-refractivity contribution in [3.05, 3.63) is 51.1 Å². The molecule has 2 aromatic heterocycles. The van der Waals surface area contributed by atoms with Crippen molar-refractivity contribution < 1.29 is 9.21 Å². The summed E-state index contributed by atoms with van der Waals surface area (Å²) >= 11 is 0. The molecule has 0 fully saturated rings. The molecule has 3 heterocycles. The number of carbonyl (C=O) groups excluding carboxylic acids is 1. The van der Waals surface area contributed by atoms with Gasteiger partial charge in [0.05, 0.1) is 18.6 Å². The summed E-state index contributed by atoms with van der Waals surface area (Å²) in [5.41, 5.74) is 2.36. The minimum Gasteiger partial charge on any atom is -0.456 e. The number of furan rings is 1. The van der Waals surface area contributed by atoms with Crippen LogP contribution >= 0.6 is 0 Å². The number of aryl methyl sites for hydroxylation is 3. The summed E-state index contributed by atoms with van der Waals surface area (Å²) in [7, 11) is 1.69. The Morgan fingerprint density at radius 1 is 1.45 bits per heavy atom. The van der Waals surface area contributed by atoms with Crippen molar-refractivity contribution in [3.8, 4) is 0 Å². The van der Waals surface area contributed by atoms with Crippen LogP contribution in [-0.2, 0) is 26.4 Å². The van der Waals surface area contributed by atoms with Gasteiger partial charge in [-0.05, 0) is 25.0 Å². The van der Waals surface area contributed by atoms with Crippen molar-refractivity contribution >= 4 is 5.91 Å². The number of nitrogens with zero attached hydrogens (tertiary/aromatic N) is 3. The Morgan fingerprint density at radius 3 is 2.91 bits per heavy atom. The zero-order chi connectivity index (χ0) is 15.9. The fourth-order valence-electron chi connectivity index (χ4n) is 2.82. The third kappa shape index (κ3) is 2.34. The summed E-state index contributed by atoms with van der Waals surface area (Å²) in [5, 5.41) is 0. The number of hydrogen-bond donors (Lipinski definition) is 0. The molecule has 0 radical (unpaired) electrons. The Kier molecular flexibility index (Phi) is 3.60. The summed E-state index contributed by atoms with van der Waals surface area (Å²) < 4.78 is 7.10. The fraction of sp³-hybridized carbons (Fsp3) is 0.438. The lowest BCUT2D eigenvalue weighted by atomic mass is 10.1. The van der Waals surface area contributed by atoms with Crippen LogP contribution in [0.4, 0.5) is 0 Å². The maximum Gasteiger partial charge on any atom is 0.289 e. The van der Waals surface area contributed by atoms with Crippen molar-refractivity contribution in [2.75, 3.05) is 6.54 Å². The van der Waals surface area contributed by atoms with Crippen LogP contribution < -0.4 is 5.56 Å². The zero-order valence-corrected chi connectivity index (χ0v) is 13.0. The molecule has 0 saturated carbocycles. The SMILES string of the molecule is CCc1oc(C(=O)N2CCc3c(ncn(C)c3=O)C2)cc1C. The number of hydrogen-bond acceptors (Lipinski definition) is 4. The molecule has 22 heavy (non-hydrogen) atoms. The van der Waals surface area contributed by atoms with Crippen molar-refractivity contribution in [1.29, 1.82) is 0 Å². The average molecular weight is 301 g/mol. The van der Waals surface area contributed by atoms with Gasteiger partial charge in [-0.15, -0.1) is 0 Å². The van der Waals surface area contributed by atoms with Crippen molar-refractivity contribution in [1.82, 2.24) is 14.5 Å². The monoisotopic (exact) mass is 301 g/mol. The van der Waals surface area contributed by atoms with Crippen LogP contribution in [0.3, 0.4) is 0 Å². The summed E-state index contributed by atoms with van der Waals surface area (Å²) in [6, 6.07) is 1.79. The van der Waals surface area contributed by atoms with Crippen LogP contribution in [-0.4, -0.2) is 26.9 Å². The zero-order valence-electron chi connectivity index (χ0n) is 13.0. The van der Waals surface area contributed by atoms with E-state index < -0.39 is 0 Å². The van der Waals surface area contributed by atoms with E-state index >= 15 is 0 Å². The first-order valence-electron chi connectivity index (χ1n) is 7.43. The first kappa shape index (κ1) is 14.6. The molecule has 0 bridgehead atoms. The predicted octanol–water partition coefficient (Wildman–Crippen LogP) is 1.44. The molecule has 0 saturated heterocycles. The highest BCUT2D eigenvalue weighted by Gasteiger charge is 2.27. The topological polar surface area (TPSA) is 68.3 Å². The number of fused-ring (bicyclic) bond motifs is 1. The molecule has 1 aliphatic rings. The second-order valence-corrected chi connectivity index (χ2v) is 5.63. The first-order chi connectivity index (χ1) is 10.5. The largest absolute Gasteiger partial charge is 0.456 e. The van der Waals surface area contributed by atoms with E-state index in [1.54, 1.807) is 18.0 Å². The lowest BCUT2D eigenvalue weighted by molar-refractivity contribution is 0.0697. The molecule has 1 amide bonds. The molecular formula is C16H19N3O3. The fourth-order valence-corrected chi connectivity index (χ4v) is 2.82. The van der Waals surface area contributed by atoms with Crippen molar-refractivity contribution in [3.63, 3.8) is 0 Å². The molecule has 3 rings (SSSR count). The van der Waals surface area contributed by atoms with Crippen LogP contribution in [0.25, 0.3) is 0 Å². The second kappa shape index (κ2) is 5.44. The van der Waals surface area contributed by atoms with Gasteiger partial charge in [-0.25, -0.2) is 4.98 Å². The number of rotatable bonds is 2. The van der Waals surface area contributed by atoms with E-state index in [1.807, 2.05) is 13.8 Å². The molecule has 0 spiro atoms. The molecule has 0 atom stereocenters. The predicted molar refractivity (Wildman–Crippen MR) is 80.7 cm³/mol. The van der Waals surface area contributed by atoms with Crippen LogP contribution in [0, 0.1) is 6.92 Å². The lowest BCUT2D eigenvalue weighted by Crippen LogP contribution is -2.39. The van der Waals surface area contributed by atoms with Gasteiger partial charge in [0.15, 0.2) is 5.76 Å². The van der Waals surface area contributed by atoms with Gasteiger partial charge in [-0.3, -0.25) is 9.59 Å². The van der Waals surface area contributed by atoms with Gasteiger partial charge in [0.1, 0.15) is 5.76 Å². The van der Waals surface area contributed by atoms with E-state index in [4.69, 9.17) is 4.42 Å². The van der Waals surface area contributed by atoms with Crippen molar-refractivity contribution in [2.45, 2.75) is 33.2 Å². The van der Waals surface area contributed by atoms with Gasteiger partial charge in [-0.1, -0.05) is 6.92 Å². The molecule has 1 aliphatic heterocycles. The van der Waals surface area contributed by atoms with Crippen LogP contribution in [0.2, 0.25) is 0 Å². The van der Waals surface area contributed by atoms with Crippen molar-refractivity contribution in [2.24, 2.45) is 7.05 Å². The lowest BCUT2D eigenvalue weighted by Gasteiger charge is -2.27. The smallest absolute Gasteiger partial charge is 0.289 e. The van der Waals surface area contributed by atoms with Gasteiger partial charge in [0, 0.05) is 25.6 Å². The Morgan fingerprint density at radius 2 is 2.23 bits per heavy atom. The summed E-state index contributed by atoms with van der Waals surface area (Å²) in [6.45, 7) is 4.80. The highest BCUT2D eigenvalue weighted by Crippen LogP contribution is 2.20. The van der Waals surface area contributed by atoms with Crippen LogP contribution in [0.1, 0.15) is 40.1 Å². The normalized spacial score (nSPS) is 14.0. The van der Waals surface area contributed by atoms with Gasteiger partial charge >= 0.3 is 0 Å². The third-order valence-electron chi connectivity index (χ3n) is 4.13. The molecule has 6 nitrogen and oxygen atoms in total. The number of amides is 1. The maximum absolute atomic E-state index is 12.6. The maximum atomic E-state index is 12.6. The van der Waals surface area contributed by atoms with Crippen LogP contribution in [0.5, 0.6) is 0 Å². The van der Waals surface area contributed by atoms with Gasteiger partial charge in [0.25, 0.3) is 11.5 Å². The van der Waals surface area contributed by atoms with E-state index in [9.17, 15) is 9.59 Å². The molecule has 0 aromatic carbocycles. The quantitative estimate of drug-likeness (QED) is 0.842. The number of carbonyl (C=O) groups is 1. The summed E-state index contributed by atoms with van der Waals surface area (Å²) in [4.78, 5) is 30.6. The van der Waals surface area contributed by atoms with E-state index in [1.165, 1.54) is 10.9 Å². The molecule has 6 heteroatoms. The van der Waals surface area contributed by atoms with Gasteiger partial charge < -0.3 is 13.9 Å².